The van der Waals surface area contributed by atoms with E-state index in [2.05, 4.69) is 25.7 Å². The number of amides is 2. The second-order valence-electron chi connectivity index (χ2n) is 9.25. The maximum absolute atomic E-state index is 13.8. The first-order valence-electron chi connectivity index (χ1n) is 11.8. The SMILES string of the molecule is Cc1ncoc1C(=O)N[C@H](c1cn2ncc([C@@H](O)NC(=O)CCC(F)(F)F)cc2n1)C1CCC(F)(F)CC1. The van der Waals surface area contributed by atoms with E-state index in [1.807, 2.05) is 0 Å². The van der Waals surface area contributed by atoms with Gasteiger partial charge in [0.25, 0.3) is 5.91 Å². The van der Waals surface area contributed by atoms with E-state index in [1.54, 1.807) is 6.92 Å². The number of nitrogens with one attached hydrogen (secondary N) is 2. The van der Waals surface area contributed by atoms with E-state index >= 15 is 0 Å². The minimum Gasteiger partial charge on any atom is -0.438 e. The topological polar surface area (TPSA) is 135 Å². The molecule has 2 amide bonds. The molecule has 15 heteroatoms. The van der Waals surface area contributed by atoms with Crippen molar-refractivity contribution in [3.63, 3.8) is 0 Å². The van der Waals surface area contributed by atoms with Crippen LogP contribution in [0.15, 0.2) is 29.3 Å². The van der Waals surface area contributed by atoms with Crippen molar-refractivity contribution in [1.82, 2.24) is 30.2 Å². The number of oxazole rings is 1. The predicted octanol–water partition coefficient (Wildman–Crippen LogP) is 3.77. The number of aromatic nitrogens is 4. The van der Waals surface area contributed by atoms with E-state index in [-0.39, 0.29) is 48.6 Å². The zero-order valence-electron chi connectivity index (χ0n) is 20.1. The van der Waals surface area contributed by atoms with Crippen molar-refractivity contribution in [3.8, 4) is 0 Å². The lowest BCUT2D eigenvalue weighted by Gasteiger charge is -2.33. The van der Waals surface area contributed by atoms with Crippen LogP contribution >= 0.6 is 0 Å². The lowest BCUT2D eigenvalue weighted by Crippen LogP contribution is -2.37. The largest absolute Gasteiger partial charge is 0.438 e. The Morgan fingerprint density at radius 3 is 2.61 bits per heavy atom. The number of imidazole rings is 1. The number of carbonyl (C=O) groups excluding carboxylic acids is 2. The van der Waals surface area contributed by atoms with Gasteiger partial charge in [-0.15, -0.1) is 0 Å². The molecule has 1 aliphatic rings. The number of alkyl halides is 5. The van der Waals surface area contributed by atoms with Crippen LogP contribution in [0.2, 0.25) is 0 Å². The number of hydrogen-bond donors (Lipinski definition) is 3. The smallest absolute Gasteiger partial charge is 0.389 e. The van der Waals surface area contributed by atoms with E-state index < -0.39 is 49.0 Å². The number of halogens is 5. The van der Waals surface area contributed by atoms with Crippen LogP contribution < -0.4 is 10.6 Å². The number of aryl methyl sites for hydroxylation is 1. The minimum atomic E-state index is -4.51. The van der Waals surface area contributed by atoms with Crippen LogP contribution in [0.4, 0.5) is 22.0 Å². The number of nitrogens with zero attached hydrogens (tertiary/aromatic N) is 4. The van der Waals surface area contributed by atoms with Crippen molar-refractivity contribution in [2.24, 2.45) is 5.92 Å². The van der Waals surface area contributed by atoms with Crippen LogP contribution in [0.1, 0.15) is 78.3 Å². The normalized spacial score (nSPS) is 17.8. The third-order valence-corrected chi connectivity index (χ3v) is 6.40. The highest BCUT2D eigenvalue weighted by atomic mass is 19.4. The molecular formula is C23H25F5N6O4. The number of hydrogen-bond acceptors (Lipinski definition) is 7. The summed E-state index contributed by atoms with van der Waals surface area (Å²) >= 11 is 0. The summed E-state index contributed by atoms with van der Waals surface area (Å²) in [7, 11) is 0. The van der Waals surface area contributed by atoms with Crippen molar-refractivity contribution < 1.29 is 41.1 Å². The quantitative estimate of drug-likeness (QED) is 0.290. The highest BCUT2D eigenvalue weighted by molar-refractivity contribution is 5.92. The number of aliphatic hydroxyl groups is 1. The average Bonchev–Trinajstić information content (AvgIpc) is 3.46. The minimum absolute atomic E-state index is 0.0234. The molecule has 3 N–H and O–H groups in total. The van der Waals surface area contributed by atoms with Crippen molar-refractivity contribution in [1.29, 1.82) is 0 Å². The third-order valence-electron chi connectivity index (χ3n) is 6.40. The second kappa shape index (κ2) is 10.6. The molecule has 1 saturated carbocycles. The summed E-state index contributed by atoms with van der Waals surface area (Å²) < 4.78 is 71.1. The van der Waals surface area contributed by atoms with Crippen LogP contribution in [0.25, 0.3) is 5.65 Å². The van der Waals surface area contributed by atoms with Gasteiger partial charge in [0.2, 0.25) is 17.6 Å². The molecule has 38 heavy (non-hydrogen) atoms. The fraction of sp³-hybridized carbons (Fsp3) is 0.522. The molecule has 0 bridgehead atoms. The molecule has 206 valence electrons. The van der Waals surface area contributed by atoms with Crippen molar-refractivity contribution >= 4 is 17.5 Å². The van der Waals surface area contributed by atoms with Crippen molar-refractivity contribution in [2.45, 2.75) is 69.8 Å². The first kappa shape index (κ1) is 27.4. The number of carbonyl (C=O) groups is 2. The molecule has 1 aliphatic carbocycles. The monoisotopic (exact) mass is 544 g/mol. The summed E-state index contributed by atoms with van der Waals surface area (Å²) in [6.07, 6.45) is -4.97. The lowest BCUT2D eigenvalue weighted by atomic mass is 9.81. The molecule has 1 fully saturated rings. The van der Waals surface area contributed by atoms with Crippen LogP contribution in [-0.2, 0) is 4.79 Å². The molecule has 0 unspecified atom stereocenters. The average molecular weight is 544 g/mol. The Balaban J connectivity index is 1.55. The van der Waals surface area contributed by atoms with Gasteiger partial charge in [0.05, 0.1) is 36.2 Å². The molecule has 0 aliphatic heterocycles. The van der Waals surface area contributed by atoms with Gasteiger partial charge in [0.15, 0.2) is 18.3 Å². The summed E-state index contributed by atoms with van der Waals surface area (Å²) in [6.45, 7) is 1.58. The van der Waals surface area contributed by atoms with Crippen LogP contribution in [0.3, 0.4) is 0 Å². The molecule has 4 rings (SSSR count). The van der Waals surface area contributed by atoms with E-state index in [9.17, 15) is 36.6 Å². The third kappa shape index (κ3) is 6.62. The highest BCUT2D eigenvalue weighted by Gasteiger charge is 2.39. The Hall–Kier alpha value is -3.62. The van der Waals surface area contributed by atoms with Gasteiger partial charge in [-0.3, -0.25) is 9.59 Å². The van der Waals surface area contributed by atoms with Gasteiger partial charge in [0.1, 0.15) is 0 Å². The summed E-state index contributed by atoms with van der Waals surface area (Å²) in [5, 5.41) is 19.2. The molecule has 0 radical (unpaired) electrons. The summed E-state index contributed by atoms with van der Waals surface area (Å²) in [5.41, 5.74) is 0.922. The first-order valence-corrected chi connectivity index (χ1v) is 11.8. The van der Waals surface area contributed by atoms with Crippen molar-refractivity contribution in [2.75, 3.05) is 0 Å². The molecule has 2 atom stereocenters. The predicted molar refractivity (Wildman–Crippen MR) is 120 cm³/mol. The Bertz CT molecular complexity index is 1300. The molecule has 3 heterocycles. The van der Waals surface area contributed by atoms with Gasteiger partial charge in [0, 0.05) is 24.8 Å². The Morgan fingerprint density at radius 2 is 1.97 bits per heavy atom. The Kier molecular flexibility index (Phi) is 7.67. The van der Waals surface area contributed by atoms with Crippen LogP contribution in [-0.4, -0.2) is 48.6 Å². The molecule has 3 aromatic heterocycles. The maximum atomic E-state index is 13.8. The Labute approximate surface area is 212 Å². The number of aliphatic hydroxyl groups excluding tert-OH is 1. The zero-order chi connectivity index (χ0) is 27.7. The fourth-order valence-electron chi connectivity index (χ4n) is 4.33. The summed E-state index contributed by atoms with van der Waals surface area (Å²) in [4.78, 5) is 33.0. The summed E-state index contributed by atoms with van der Waals surface area (Å²) in [6, 6.07) is 0.583. The van der Waals surface area contributed by atoms with Gasteiger partial charge in [-0.05, 0) is 31.7 Å². The van der Waals surface area contributed by atoms with Gasteiger partial charge in [-0.1, -0.05) is 0 Å². The fourth-order valence-corrected chi connectivity index (χ4v) is 4.33. The molecular weight excluding hydrogens is 519 g/mol. The van der Waals surface area contributed by atoms with Crippen LogP contribution in [0, 0.1) is 12.8 Å². The molecule has 3 aromatic rings. The van der Waals surface area contributed by atoms with E-state index in [0.29, 0.717) is 11.4 Å². The van der Waals surface area contributed by atoms with E-state index in [1.165, 1.54) is 23.0 Å². The van der Waals surface area contributed by atoms with Gasteiger partial charge >= 0.3 is 6.18 Å². The highest BCUT2D eigenvalue weighted by Crippen LogP contribution is 2.41. The zero-order valence-corrected chi connectivity index (χ0v) is 20.1. The molecule has 0 spiro atoms. The molecule has 0 aromatic carbocycles. The van der Waals surface area contributed by atoms with Gasteiger partial charge in [-0.2, -0.15) is 18.3 Å². The van der Waals surface area contributed by atoms with Gasteiger partial charge in [-0.25, -0.2) is 23.3 Å². The van der Waals surface area contributed by atoms with Crippen molar-refractivity contribution in [3.05, 3.63) is 47.6 Å². The second-order valence-corrected chi connectivity index (χ2v) is 9.25. The van der Waals surface area contributed by atoms with E-state index in [4.69, 9.17) is 4.42 Å². The number of rotatable bonds is 8. The molecule has 0 saturated heterocycles. The lowest BCUT2D eigenvalue weighted by molar-refractivity contribution is -0.145. The van der Waals surface area contributed by atoms with Crippen LogP contribution in [0.5, 0.6) is 0 Å². The van der Waals surface area contributed by atoms with E-state index in [0.717, 1.165) is 6.39 Å². The maximum Gasteiger partial charge on any atom is 0.389 e. The summed E-state index contributed by atoms with van der Waals surface area (Å²) in [5.74, 6) is -4.78. The first-order chi connectivity index (χ1) is 17.8. The molecule has 10 nitrogen and oxygen atoms in total. The number of fused-ring (bicyclic) bond motifs is 1. The Morgan fingerprint density at radius 1 is 1.26 bits per heavy atom. The standard InChI is InChI=1S/C23H25F5N6O4/c1-12-19(38-11-29-12)21(37)33-18(13-2-5-22(24,25)6-3-13)15-10-34-16(31-15)8-14(9-30-34)20(36)32-17(35)4-7-23(26,27)28/h8-11,13,18,20,36H,2-7H2,1H3,(H,32,35)(H,33,37)/t18-,20+/m0/s1. The van der Waals surface area contributed by atoms with Gasteiger partial charge < -0.3 is 20.2 Å².